The Labute approximate surface area is 94.9 Å². The van der Waals surface area contributed by atoms with E-state index < -0.39 is 5.60 Å². The van der Waals surface area contributed by atoms with Gasteiger partial charge in [0.1, 0.15) is 0 Å². The summed E-state index contributed by atoms with van der Waals surface area (Å²) in [6.45, 7) is 0. The topological polar surface area (TPSA) is 20.2 Å². The third-order valence-electron chi connectivity index (χ3n) is 3.46. The Morgan fingerprint density at radius 3 is 2.53 bits per heavy atom. The smallest absolute Gasteiger partial charge is 0.0909 e. The zero-order valence-corrected chi connectivity index (χ0v) is 9.59. The monoisotopic (exact) mass is 220 g/mol. The molecule has 2 fully saturated rings. The van der Waals surface area contributed by atoms with E-state index in [1.54, 1.807) is 0 Å². The lowest BCUT2D eigenvalue weighted by molar-refractivity contribution is 0.148. The maximum Gasteiger partial charge on any atom is 0.0909 e. The van der Waals surface area contributed by atoms with Crippen molar-refractivity contribution in [1.29, 1.82) is 0 Å². The van der Waals surface area contributed by atoms with Crippen LogP contribution in [0.2, 0.25) is 0 Å². The summed E-state index contributed by atoms with van der Waals surface area (Å²) in [4.78, 5) is 1.31. The molecule has 2 aliphatic carbocycles. The Hall–Kier alpha value is -0.470. The van der Waals surface area contributed by atoms with Crippen molar-refractivity contribution in [3.05, 3.63) is 29.8 Å². The second kappa shape index (κ2) is 3.53. The van der Waals surface area contributed by atoms with E-state index in [2.05, 4.69) is 18.2 Å². The van der Waals surface area contributed by atoms with E-state index >= 15 is 0 Å². The van der Waals surface area contributed by atoms with E-state index in [1.807, 2.05) is 17.8 Å². The van der Waals surface area contributed by atoms with Crippen LogP contribution in [0.15, 0.2) is 29.2 Å². The molecule has 1 nitrogen and oxygen atoms in total. The van der Waals surface area contributed by atoms with Gasteiger partial charge in [0.25, 0.3) is 0 Å². The van der Waals surface area contributed by atoms with Gasteiger partial charge >= 0.3 is 0 Å². The van der Waals surface area contributed by atoms with Crippen molar-refractivity contribution in [1.82, 2.24) is 0 Å². The van der Waals surface area contributed by atoms with Crippen molar-refractivity contribution in [3.63, 3.8) is 0 Å². The molecule has 0 saturated heterocycles. The summed E-state index contributed by atoms with van der Waals surface area (Å²) in [6, 6.07) is 8.37. The second-order valence-corrected chi connectivity index (χ2v) is 6.04. The average molecular weight is 220 g/mol. The van der Waals surface area contributed by atoms with Crippen LogP contribution >= 0.6 is 11.8 Å². The van der Waals surface area contributed by atoms with Gasteiger partial charge in [0.15, 0.2) is 0 Å². The molecule has 0 aromatic heterocycles. The number of aliphatic hydroxyl groups is 1. The van der Waals surface area contributed by atoms with Gasteiger partial charge in [0, 0.05) is 10.1 Å². The normalized spacial score (nSPS) is 23.5. The average Bonchev–Trinajstić information content (AvgIpc) is 2.92. The van der Waals surface area contributed by atoms with Crippen molar-refractivity contribution < 1.29 is 5.11 Å². The van der Waals surface area contributed by atoms with E-state index in [1.165, 1.54) is 29.7 Å². The van der Waals surface area contributed by atoms with E-state index in [4.69, 9.17) is 0 Å². The molecule has 1 aromatic carbocycles. The lowest BCUT2D eigenvalue weighted by Gasteiger charge is -2.26. The second-order valence-electron chi connectivity index (χ2n) is 4.70. The van der Waals surface area contributed by atoms with Gasteiger partial charge in [-0.15, -0.1) is 11.8 Å². The van der Waals surface area contributed by atoms with E-state index in [0.29, 0.717) is 0 Å². The van der Waals surface area contributed by atoms with Crippen LogP contribution in [0, 0.1) is 0 Å². The van der Waals surface area contributed by atoms with Crippen LogP contribution in [0.3, 0.4) is 0 Å². The Bertz CT molecular complexity index is 367. The SMILES string of the molecule is OC1(c2ccccc2SC2CCC2)CC1. The van der Waals surface area contributed by atoms with Gasteiger partial charge < -0.3 is 5.11 Å². The third kappa shape index (κ3) is 1.81. The molecule has 3 rings (SSSR count). The predicted octanol–water partition coefficient (Wildman–Crippen LogP) is 3.31. The highest BCUT2D eigenvalue weighted by Gasteiger charge is 2.43. The summed E-state index contributed by atoms with van der Waals surface area (Å²) < 4.78 is 0. The molecular weight excluding hydrogens is 204 g/mol. The van der Waals surface area contributed by atoms with E-state index in [9.17, 15) is 5.11 Å². The van der Waals surface area contributed by atoms with Gasteiger partial charge in [-0.25, -0.2) is 0 Å². The molecule has 0 radical (unpaired) electrons. The van der Waals surface area contributed by atoms with Crippen LogP contribution in [0.4, 0.5) is 0 Å². The summed E-state index contributed by atoms with van der Waals surface area (Å²) in [5.41, 5.74) is 0.690. The van der Waals surface area contributed by atoms with Gasteiger partial charge in [-0.2, -0.15) is 0 Å². The van der Waals surface area contributed by atoms with Gasteiger partial charge in [0.2, 0.25) is 0 Å². The number of benzene rings is 1. The fourth-order valence-corrected chi connectivity index (χ4v) is 3.48. The highest BCUT2D eigenvalue weighted by Crippen LogP contribution is 2.50. The maximum atomic E-state index is 10.2. The summed E-state index contributed by atoms with van der Waals surface area (Å²) in [5, 5.41) is 11.0. The molecule has 0 aliphatic heterocycles. The van der Waals surface area contributed by atoms with E-state index in [-0.39, 0.29) is 0 Å². The summed E-state index contributed by atoms with van der Waals surface area (Å²) in [5.74, 6) is 0. The first-order chi connectivity index (χ1) is 7.28. The first kappa shape index (κ1) is 9.73. The molecule has 2 heteroatoms. The highest BCUT2D eigenvalue weighted by molar-refractivity contribution is 8.00. The number of hydrogen-bond donors (Lipinski definition) is 1. The number of hydrogen-bond acceptors (Lipinski definition) is 2. The summed E-state index contributed by atoms with van der Waals surface area (Å²) in [6.07, 6.45) is 5.95. The molecule has 2 saturated carbocycles. The lowest BCUT2D eigenvalue weighted by atomic mass is 10.00. The van der Waals surface area contributed by atoms with E-state index in [0.717, 1.165) is 18.1 Å². The minimum Gasteiger partial charge on any atom is -0.385 e. The quantitative estimate of drug-likeness (QED) is 0.843. The van der Waals surface area contributed by atoms with Gasteiger partial charge in [0.05, 0.1) is 5.60 Å². The summed E-state index contributed by atoms with van der Waals surface area (Å²) >= 11 is 1.96. The molecule has 1 N–H and O–H groups in total. The van der Waals surface area contributed by atoms with Crippen LogP contribution in [-0.4, -0.2) is 10.4 Å². The van der Waals surface area contributed by atoms with Crippen molar-refractivity contribution >= 4 is 11.8 Å². The molecule has 15 heavy (non-hydrogen) atoms. The van der Waals surface area contributed by atoms with Gasteiger partial charge in [-0.1, -0.05) is 24.6 Å². The highest BCUT2D eigenvalue weighted by atomic mass is 32.2. The van der Waals surface area contributed by atoms with Crippen molar-refractivity contribution in [3.8, 4) is 0 Å². The molecule has 80 valence electrons. The van der Waals surface area contributed by atoms with Crippen LogP contribution in [0.5, 0.6) is 0 Å². The molecular formula is C13H16OS. The van der Waals surface area contributed by atoms with Crippen LogP contribution in [0.1, 0.15) is 37.7 Å². The molecule has 0 heterocycles. The largest absolute Gasteiger partial charge is 0.385 e. The molecule has 0 spiro atoms. The van der Waals surface area contributed by atoms with Crippen LogP contribution in [0.25, 0.3) is 0 Å². The van der Waals surface area contributed by atoms with Crippen molar-refractivity contribution in [2.45, 2.75) is 47.9 Å². The summed E-state index contributed by atoms with van der Waals surface area (Å²) in [7, 11) is 0. The predicted molar refractivity (Wildman–Crippen MR) is 63.1 cm³/mol. The van der Waals surface area contributed by atoms with Crippen LogP contribution < -0.4 is 0 Å². The minimum absolute atomic E-state index is 0.479. The fourth-order valence-electron chi connectivity index (χ4n) is 2.01. The lowest BCUT2D eigenvalue weighted by Crippen LogP contribution is -2.14. The Morgan fingerprint density at radius 2 is 1.93 bits per heavy atom. The Balaban J connectivity index is 1.85. The Kier molecular flexibility index (Phi) is 2.29. The molecule has 1 aromatic rings. The molecule has 0 atom stereocenters. The molecule has 0 amide bonds. The van der Waals surface area contributed by atoms with Crippen LogP contribution in [-0.2, 0) is 5.60 Å². The zero-order chi connectivity index (χ0) is 10.3. The number of rotatable bonds is 3. The van der Waals surface area contributed by atoms with Crippen molar-refractivity contribution in [2.24, 2.45) is 0 Å². The molecule has 2 aliphatic rings. The standard InChI is InChI=1S/C13H16OS/c14-13(8-9-13)11-6-1-2-7-12(11)15-10-4-3-5-10/h1-2,6-7,10,14H,3-5,8-9H2. The van der Waals surface area contributed by atoms with Crippen molar-refractivity contribution in [2.75, 3.05) is 0 Å². The molecule has 0 bridgehead atoms. The first-order valence-corrected chi connectivity index (χ1v) is 6.64. The number of thioether (sulfide) groups is 1. The molecule has 0 unspecified atom stereocenters. The minimum atomic E-state index is -0.479. The maximum absolute atomic E-state index is 10.2. The third-order valence-corrected chi connectivity index (χ3v) is 4.87. The zero-order valence-electron chi connectivity index (χ0n) is 8.78. The fraction of sp³-hybridized carbons (Fsp3) is 0.538. The van der Waals surface area contributed by atoms with Gasteiger partial charge in [-0.3, -0.25) is 0 Å². The van der Waals surface area contributed by atoms with Gasteiger partial charge in [-0.05, 0) is 37.3 Å². The Morgan fingerprint density at radius 1 is 1.20 bits per heavy atom. The first-order valence-electron chi connectivity index (χ1n) is 5.76.